The fourth-order valence-corrected chi connectivity index (χ4v) is 4.32. The molecule has 1 aliphatic heterocycles. The van der Waals surface area contributed by atoms with E-state index < -0.39 is 0 Å². The van der Waals surface area contributed by atoms with Crippen molar-refractivity contribution < 1.29 is 4.74 Å². The molecule has 7 nitrogen and oxygen atoms in total. The first-order chi connectivity index (χ1) is 15.3. The summed E-state index contributed by atoms with van der Waals surface area (Å²) in [7, 11) is 1.89. The Kier molecular flexibility index (Phi) is 7.51. The number of benzene rings is 1. The number of nitrogens with one attached hydrogen (secondary N) is 3. The fraction of sp³-hybridized carbons (Fsp3) is 0.500. The van der Waals surface area contributed by atoms with Gasteiger partial charge in [0.2, 0.25) is 0 Å². The van der Waals surface area contributed by atoms with Crippen LogP contribution in [0, 0.1) is 6.92 Å². The third kappa shape index (κ3) is 5.42. The molecule has 0 bridgehead atoms. The van der Waals surface area contributed by atoms with Gasteiger partial charge in [-0.1, -0.05) is 30.3 Å². The maximum atomic E-state index is 6.34. The van der Waals surface area contributed by atoms with E-state index >= 15 is 0 Å². The van der Waals surface area contributed by atoms with Gasteiger partial charge in [0.1, 0.15) is 24.0 Å². The molecule has 1 aromatic carbocycles. The van der Waals surface area contributed by atoms with Gasteiger partial charge in [-0.15, -0.1) is 0 Å². The summed E-state index contributed by atoms with van der Waals surface area (Å²) in [5.74, 6) is 0.870. The van der Waals surface area contributed by atoms with Crippen LogP contribution in [0.25, 0.3) is 11.0 Å². The van der Waals surface area contributed by atoms with E-state index in [1.165, 1.54) is 11.1 Å². The van der Waals surface area contributed by atoms with Crippen molar-refractivity contribution in [2.24, 2.45) is 0 Å². The highest BCUT2D eigenvalue weighted by Gasteiger charge is 2.28. The lowest BCUT2D eigenvalue weighted by atomic mass is 10.1. The second kappa shape index (κ2) is 10.7. The fourth-order valence-electron chi connectivity index (χ4n) is 4.32. The summed E-state index contributed by atoms with van der Waals surface area (Å²) in [5.41, 5.74) is 3.50. The molecule has 2 atom stereocenters. The van der Waals surface area contributed by atoms with Crippen molar-refractivity contribution in [3.05, 3.63) is 54.0 Å². The van der Waals surface area contributed by atoms with E-state index in [4.69, 9.17) is 4.74 Å². The van der Waals surface area contributed by atoms with Crippen LogP contribution in [0.2, 0.25) is 0 Å². The minimum Gasteiger partial charge on any atom is -0.372 e. The molecule has 2 unspecified atom stereocenters. The van der Waals surface area contributed by atoms with Gasteiger partial charge in [0.25, 0.3) is 0 Å². The summed E-state index contributed by atoms with van der Waals surface area (Å²) < 4.78 is 8.51. The van der Waals surface area contributed by atoms with Gasteiger partial charge in [-0.05, 0) is 63.4 Å². The SMILES string of the molecule is CNc1ncnc2c1c(C)cn2C1CCC(CNCCCNCCc2ccccc2)O1. The number of nitrogens with zero attached hydrogens (tertiary/aromatic N) is 3. The van der Waals surface area contributed by atoms with E-state index in [2.05, 4.69) is 73.9 Å². The van der Waals surface area contributed by atoms with Crippen molar-refractivity contribution >= 4 is 16.9 Å². The Bertz CT molecular complexity index is 957. The molecule has 1 saturated heterocycles. The topological polar surface area (TPSA) is 76.0 Å². The first-order valence-electron chi connectivity index (χ1n) is 11.4. The van der Waals surface area contributed by atoms with Crippen LogP contribution in [0.1, 0.15) is 36.6 Å². The zero-order chi connectivity index (χ0) is 21.5. The standard InChI is InChI=1S/C24H34N6O/c1-18-16-30(24-22(18)23(25-2)28-17-29-24)21-10-9-20(31-21)15-27-13-6-12-26-14-11-19-7-4-3-5-8-19/h3-5,7-8,16-17,20-21,26-27H,6,9-15H2,1-2H3,(H,25,28,29). The zero-order valence-electron chi connectivity index (χ0n) is 18.6. The van der Waals surface area contributed by atoms with Crippen molar-refractivity contribution in [2.45, 2.75) is 44.9 Å². The maximum Gasteiger partial charge on any atom is 0.147 e. The summed E-state index contributed by atoms with van der Waals surface area (Å²) >= 11 is 0. The molecule has 4 rings (SSSR count). The molecular weight excluding hydrogens is 388 g/mol. The second-order valence-corrected chi connectivity index (χ2v) is 8.22. The van der Waals surface area contributed by atoms with Crippen LogP contribution in [0.5, 0.6) is 0 Å². The van der Waals surface area contributed by atoms with Crippen LogP contribution in [-0.4, -0.2) is 53.9 Å². The smallest absolute Gasteiger partial charge is 0.147 e. The van der Waals surface area contributed by atoms with Gasteiger partial charge < -0.3 is 25.3 Å². The third-order valence-electron chi connectivity index (χ3n) is 5.94. The monoisotopic (exact) mass is 422 g/mol. The van der Waals surface area contributed by atoms with E-state index in [0.717, 1.165) is 68.7 Å². The highest BCUT2D eigenvalue weighted by Crippen LogP contribution is 2.33. The molecule has 1 fully saturated rings. The van der Waals surface area contributed by atoms with Crippen molar-refractivity contribution in [3.8, 4) is 0 Å². The van der Waals surface area contributed by atoms with E-state index in [-0.39, 0.29) is 12.3 Å². The number of aromatic nitrogens is 3. The van der Waals surface area contributed by atoms with E-state index in [9.17, 15) is 0 Å². The average molecular weight is 423 g/mol. The van der Waals surface area contributed by atoms with Crippen molar-refractivity contribution in [3.63, 3.8) is 0 Å². The maximum absolute atomic E-state index is 6.34. The number of aryl methyl sites for hydroxylation is 1. The van der Waals surface area contributed by atoms with Crippen LogP contribution < -0.4 is 16.0 Å². The average Bonchev–Trinajstić information content (AvgIpc) is 3.40. The molecule has 1 aliphatic rings. The normalized spacial score (nSPS) is 18.6. The third-order valence-corrected chi connectivity index (χ3v) is 5.94. The molecule has 31 heavy (non-hydrogen) atoms. The Morgan fingerprint density at radius 1 is 1.06 bits per heavy atom. The van der Waals surface area contributed by atoms with Gasteiger partial charge in [-0.2, -0.15) is 0 Å². The molecule has 166 valence electrons. The summed E-state index contributed by atoms with van der Waals surface area (Å²) in [5, 5.41) is 11.3. The van der Waals surface area contributed by atoms with E-state index in [1.807, 2.05) is 7.05 Å². The second-order valence-electron chi connectivity index (χ2n) is 8.22. The quantitative estimate of drug-likeness (QED) is 0.412. The van der Waals surface area contributed by atoms with Crippen LogP contribution in [0.4, 0.5) is 5.82 Å². The van der Waals surface area contributed by atoms with Gasteiger partial charge in [-0.3, -0.25) is 0 Å². The highest BCUT2D eigenvalue weighted by molar-refractivity contribution is 5.90. The lowest BCUT2D eigenvalue weighted by Crippen LogP contribution is -2.29. The molecule has 3 aromatic rings. The zero-order valence-corrected chi connectivity index (χ0v) is 18.6. The van der Waals surface area contributed by atoms with Crippen LogP contribution in [0.15, 0.2) is 42.9 Å². The minimum absolute atomic E-state index is 0.0438. The molecule has 0 radical (unpaired) electrons. The number of fused-ring (bicyclic) bond motifs is 1. The molecular formula is C24H34N6O. The summed E-state index contributed by atoms with van der Waals surface area (Å²) in [6.07, 6.45) is 8.33. The Balaban J connectivity index is 1.16. The number of ether oxygens (including phenoxy) is 1. The number of hydrogen-bond donors (Lipinski definition) is 3. The summed E-state index contributed by atoms with van der Waals surface area (Å²) in [4.78, 5) is 8.86. The number of anilines is 1. The molecule has 7 heteroatoms. The molecule has 2 aromatic heterocycles. The van der Waals surface area contributed by atoms with Crippen molar-refractivity contribution in [1.29, 1.82) is 0 Å². The van der Waals surface area contributed by atoms with Crippen LogP contribution in [0.3, 0.4) is 0 Å². The minimum atomic E-state index is 0.0438. The predicted octanol–water partition coefficient (Wildman–Crippen LogP) is 3.27. The van der Waals surface area contributed by atoms with E-state index in [1.54, 1.807) is 6.33 Å². The highest BCUT2D eigenvalue weighted by atomic mass is 16.5. The summed E-state index contributed by atoms with van der Waals surface area (Å²) in [6.45, 7) is 6.07. The van der Waals surface area contributed by atoms with Gasteiger partial charge in [0.05, 0.1) is 11.5 Å². The Morgan fingerprint density at radius 3 is 2.74 bits per heavy atom. The van der Waals surface area contributed by atoms with Crippen molar-refractivity contribution in [2.75, 3.05) is 38.5 Å². The Hall–Kier alpha value is -2.48. The largest absolute Gasteiger partial charge is 0.372 e. The van der Waals surface area contributed by atoms with Crippen LogP contribution in [-0.2, 0) is 11.2 Å². The Labute approximate surface area is 184 Å². The number of hydrogen-bond acceptors (Lipinski definition) is 6. The van der Waals surface area contributed by atoms with E-state index in [0.29, 0.717) is 0 Å². The lowest BCUT2D eigenvalue weighted by molar-refractivity contribution is 0.00528. The lowest BCUT2D eigenvalue weighted by Gasteiger charge is -2.16. The van der Waals surface area contributed by atoms with Gasteiger partial charge >= 0.3 is 0 Å². The molecule has 0 spiro atoms. The summed E-state index contributed by atoms with van der Waals surface area (Å²) in [6, 6.07) is 10.6. The molecule has 3 N–H and O–H groups in total. The first-order valence-corrected chi connectivity index (χ1v) is 11.4. The molecule has 0 amide bonds. The predicted molar refractivity (Wildman–Crippen MR) is 125 cm³/mol. The first kappa shape index (κ1) is 21.7. The van der Waals surface area contributed by atoms with Gasteiger partial charge in [0.15, 0.2) is 0 Å². The number of rotatable bonds is 11. The molecule has 0 saturated carbocycles. The Morgan fingerprint density at radius 2 is 1.90 bits per heavy atom. The van der Waals surface area contributed by atoms with Gasteiger partial charge in [-0.25, -0.2) is 9.97 Å². The molecule has 0 aliphatic carbocycles. The van der Waals surface area contributed by atoms with Crippen LogP contribution >= 0.6 is 0 Å². The van der Waals surface area contributed by atoms with Gasteiger partial charge in [0, 0.05) is 19.8 Å². The molecule has 3 heterocycles. The van der Waals surface area contributed by atoms with Crippen molar-refractivity contribution in [1.82, 2.24) is 25.2 Å².